The van der Waals surface area contributed by atoms with Crippen molar-refractivity contribution in [3.8, 4) is 11.5 Å². The Morgan fingerprint density at radius 3 is 2.63 bits per heavy atom. The van der Waals surface area contributed by atoms with Crippen molar-refractivity contribution in [3.63, 3.8) is 0 Å². The summed E-state index contributed by atoms with van der Waals surface area (Å²) < 4.78 is 5.86. The van der Waals surface area contributed by atoms with Crippen molar-refractivity contribution >= 4 is 15.9 Å². The topological polar surface area (TPSA) is 58.7 Å². The van der Waals surface area contributed by atoms with Crippen molar-refractivity contribution in [1.82, 2.24) is 4.90 Å². The van der Waals surface area contributed by atoms with Crippen LogP contribution in [0.15, 0.2) is 16.6 Å². The Labute approximate surface area is 122 Å². The van der Waals surface area contributed by atoms with E-state index in [2.05, 4.69) is 20.8 Å². The minimum Gasteiger partial charge on any atom is -0.503 e. The molecule has 0 saturated carbocycles. The minimum atomic E-state index is 0.140. The summed E-state index contributed by atoms with van der Waals surface area (Å²) in [6.07, 6.45) is 3.76. The van der Waals surface area contributed by atoms with Gasteiger partial charge in [-0.05, 0) is 59.6 Å². The van der Waals surface area contributed by atoms with Gasteiger partial charge in [0, 0.05) is 12.6 Å². The highest BCUT2D eigenvalue weighted by Crippen LogP contribution is 2.38. The molecule has 1 fully saturated rings. The van der Waals surface area contributed by atoms with Gasteiger partial charge < -0.3 is 15.6 Å². The number of piperidine rings is 1. The highest BCUT2D eigenvalue weighted by atomic mass is 79.9. The number of benzene rings is 1. The maximum atomic E-state index is 9.87. The second-order valence-electron chi connectivity index (χ2n) is 4.90. The summed E-state index contributed by atoms with van der Waals surface area (Å²) >= 11 is 3.37. The van der Waals surface area contributed by atoms with Crippen molar-refractivity contribution in [2.24, 2.45) is 5.73 Å². The first-order valence-corrected chi connectivity index (χ1v) is 7.47. The molecule has 4 nitrogen and oxygen atoms in total. The van der Waals surface area contributed by atoms with Crippen LogP contribution in [0.25, 0.3) is 0 Å². The maximum Gasteiger partial charge on any atom is 0.172 e. The summed E-state index contributed by atoms with van der Waals surface area (Å²) in [6, 6.07) is 4.00. The molecule has 1 aliphatic heterocycles. The first-order valence-electron chi connectivity index (χ1n) is 6.68. The highest BCUT2D eigenvalue weighted by molar-refractivity contribution is 9.10. The first kappa shape index (κ1) is 14.6. The molecule has 3 N–H and O–H groups in total. The van der Waals surface area contributed by atoms with Crippen molar-refractivity contribution in [2.45, 2.75) is 25.3 Å². The Morgan fingerprint density at radius 2 is 2.05 bits per heavy atom. The average Bonchev–Trinajstić information content (AvgIpc) is 2.44. The molecule has 0 spiro atoms. The van der Waals surface area contributed by atoms with Gasteiger partial charge in [0.1, 0.15) is 0 Å². The average molecular weight is 329 g/mol. The van der Waals surface area contributed by atoms with E-state index in [1.807, 2.05) is 12.1 Å². The molecular weight excluding hydrogens is 308 g/mol. The van der Waals surface area contributed by atoms with Crippen LogP contribution >= 0.6 is 15.9 Å². The number of rotatable bonds is 4. The zero-order valence-corrected chi connectivity index (χ0v) is 12.8. The SMILES string of the molecule is COc1cc(C(CN)N2CCCCC2)cc(Br)c1O. The molecule has 1 unspecified atom stereocenters. The number of methoxy groups -OCH3 is 1. The molecule has 106 valence electrons. The van der Waals surface area contributed by atoms with E-state index in [1.165, 1.54) is 19.3 Å². The third-order valence-corrected chi connectivity index (χ3v) is 4.31. The van der Waals surface area contributed by atoms with Crippen LogP contribution in [0.2, 0.25) is 0 Å². The number of aromatic hydroxyl groups is 1. The van der Waals surface area contributed by atoms with Crippen LogP contribution in [-0.2, 0) is 0 Å². The van der Waals surface area contributed by atoms with Crippen LogP contribution in [0.3, 0.4) is 0 Å². The number of halogens is 1. The van der Waals surface area contributed by atoms with Gasteiger partial charge in [-0.2, -0.15) is 0 Å². The zero-order chi connectivity index (χ0) is 13.8. The second kappa shape index (κ2) is 6.59. The Hall–Kier alpha value is -0.780. The number of hydrogen-bond donors (Lipinski definition) is 2. The van der Waals surface area contributed by atoms with E-state index < -0.39 is 0 Å². The number of phenolic OH excluding ortho intramolecular Hbond substituents is 1. The van der Waals surface area contributed by atoms with E-state index in [0.717, 1.165) is 18.7 Å². The van der Waals surface area contributed by atoms with Gasteiger partial charge in [0.05, 0.1) is 11.6 Å². The first-order chi connectivity index (χ1) is 9.17. The molecule has 1 atom stereocenters. The Bertz CT molecular complexity index is 434. The van der Waals surface area contributed by atoms with E-state index in [4.69, 9.17) is 10.5 Å². The van der Waals surface area contributed by atoms with Crippen LogP contribution in [0.1, 0.15) is 30.9 Å². The fourth-order valence-corrected chi connectivity index (χ4v) is 3.13. The van der Waals surface area contributed by atoms with E-state index in [1.54, 1.807) is 7.11 Å². The van der Waals surface area contributed by atoms with Crippen LogP contribution < -0.4 is 10.5 Å². The summed E-state index contributed by atoms with van der Waals surface area (Å²) in [5, 5.41) is 9.87. The van der Waals surface area contributed by atoms with E-state index in [-0.39, 0.29) is 11.8 Å². The molecule has 0 radical (unpaired) electrons. The number of nitrogens with two attached hydrogens (primary N) is 1. The molecule has 1 heterocycles. The van der Waals surface area contributed by atoms with Gasteiger partial charge in [-0.15, -0.1) is 0 Å². The predicted octanol–water partition coefficient (Wildman–Crippen LogP) is 2.65. The summed E-state index contributed by atoms with van der Waals surface area (Å²) in [7, 11) is 1.56. The molecule has 1 aromatic carbocycles. The number of phenols is 1. The van der Waals surface area contributed by atoms with E-state index in [0.29, 0.717) is 16.8 Å². The van der Waals surface area contributed by atoms with Gasteiger partial charge in [0.2, 0.25) is 0 Å². The van der Waals surface area contributed by atoms with Crippen LogP contribution in [-0.4, -0.2) is 36.8 Å². The van der Waals surface area contributed by atoms with Crippen LogP contribution in [0, 0.1) is 0 Å². The lowest BCUT2D eigenvalue weighted by molar-refractivity contribution is 0.167. The molecule has 0 aliphatic carbocycles. The fraction of sp³-hybridized carbons (Fsp3) is 0.571. The van der Waals surface area contributed by atoms with Crippen LogP contribution in [0.5, 0.6) is 11.5 Å². The number of ether oxygens (including phenoxy) is 1. The van der Waals surface area contributed by atoms with E-state index >= 15 is 0 Å². The molecule has 5 heteroatoms. The molecule has 1 aliphatic rings. The predicted molar refractivity (Wildman–Crippen MR) is 79.6 cm³/mol. The van der Waals surface area contributed by atoms with Gasteiger partial charge in [0.25, 0.3) is 0 Å². The van der Waals surface area contributed by atoms with Gasteiger partial charge in [0.15, 0.2) is 11.5 Å². The summed E-state index contributed by atoms with van der Waals surface area (Å²) in [5.74, 6) is 0.625. The largest absolute Gasteiger partial charge is 0.503 e. The third-order valence-electron chi connectivity index (χ3n) is 3.71. The number of hydrogen-bond acceptors (Lipinski definition) is 4. The summed E-state index contributed by atoms with van der Waals surface area (Å²) in [5.41, 5.74) is 7.04. The smallest absolute Gasteiger partial charge is 0.172 e. The monoisotopic (exact) mass is 328 g/mol. The number of likely N-dealkylation sites (tertiary alicyclic amines) is 1. The van der Waals surface area contributed by atoms with Gasteiger partial charge in [-0.1, -0.05) is 6.42 Å². The lowest BCUT2D eigenvalue weighted by Crippen LogP contribution is -2.37. The summed E-state index contributed by atoms with van der Waals surface area (Å²) in [6.45, 7) is 2.74. The van der Waals surface area contributed by atoms with Crippen molar-refractivity contribution < 1.29 is 9.84 Å². The molecule has 2 rings (SSSR count). The molecule has 0 bridgehead atoms. The Morgan fingerprint density at radius 1 is 1.37 bits per heavy atom. The lowest BCUT2D eigenvalue weighted by Gasteiger charge is -2.34. The fourth-order valence-electron chi connectivity index (χ4n) is 2.67. The highest BCUT2D eigenvalue weighted by Gasteiger charge is 2.23. The third kappa shape index (κ3) is 3.22. The molecular formula is C14H21BrN2O2. The molecule has 0 amide bonds. The van der Waals surface area contributed by atoms with Crippen molar-refractivity contribution in [1.29, 1.82) is 0 Å². The maximum absolute atomic E-state index is 9.87. The lowest BCUT2D eigenvalue weighted by atomic mass is 10.0. The molecule has 1 saturated heterocycles. The molecule has 0 aromatic heterocycles. The van der Waals surface area contributed by atoms with Gasteiger partial charge in [-0.25, -0.2) is 0 Å². The van der Waals surface area contributed by atoms with Crippen LogP contribution in [0.4, 0.5) is 0 Å². The number of nitrogens with zero attached hydrogens (tertiary/aromatic N) is 1. The Balaban J connectivity index is 2.29. The summed E-state index contributed by atoms with van der Waals surface area (Å²) in [4.78, 5) is 2.42. The van der Waals surface area contributed by atoms with Gasteiger partial charge >= 0.3 is 0 Å². The standard InChI is InChI=1S/C14H21BrN2O2/c1-19-13-8-10(7-11(15)14(13)18)12(9-16)17-5-3-2-4-6-17/h7-8,12,18H,2-6,9,16H2,1H3. The van der Waals surface area contributed by atoms with Crippen molar-refractivity contribution in [2.75, 3.05) is 26.7 Å². The quantitative estimate of drug-likeness (QED) is 0.892. The normalized spacial score (nSPS) is 18.3. The molecule has 1 aromatic rings. The Kier molecular flexibility index (Phi) is 5.07. The van der Waals surface area contributed by atoms with Crippen molar-refractivity contribution in [3.05, 3.63) is 22.2 Å². The van der Waals surface area contributed by atoms with Gasteiger partial charge in [-0.3, -0.25) is 4.90 Å². The van der Waals surface area contributed by atoms with E-state index in [9.17, 15) is 5.11 Å². The zero-order valence-electron chi connectivity index (χ0n) is 11.2. The molecule has 19 heavy (non-hydrogen) atoms. The minimum absolute atomic E-state index is 0.140. The second-order valence-corrected chi connectivity index (χ2v) is 5.76.